The van der Waals surface area contributed by atoms with Gasteiger partial charge in [0.25, 0.3) is 0 Å². The standard InChI is InChI=1S/C13H15N3/c1-2-10-4-5-12(8-11(10)3-1)14-9-13-6-7-15-16-13/h4-8,14H,1-3,9H2,(H,15,16). The molecule has 3 nitrogen and oxygen atoms in total. The van der Waals surface area contributed by atoms with Gasteiger partial charge in [-0.2, -0.15) is 5.10 Å². The third-order valence-corrected chi connectivity index (χ3v) is 3.14. The van der Waals surface area contributed by atoms with Gasteiger partial charge in [-0.15, -0.1) is 0 Å². The van der Waals surface area contributed by atoms with E-state index in [0.717, 1.165) is 12.2 Å². The Bertz CT molecular complexity index is 474. The maximum absolute atomic E-state index is 3.93. The van der Waals surface area contributed by atoms with Crippen LogP contribution in [0.5, 0.6) is 0 Å². The van der Waals surface area contributed by atoms with E-state index in [1.54, 1.807) is 6.20 Å². The molecule has 0 atom stereocenters. The summed E-state index contributed by atoms with van der Waals surface area (Å²) in [4.78, 5) is 0. The molecule has 82 valence electrons. The van der Waals surface area contributed by atoms with E-state index in [1.807, 2.05) is 6.07 Å². The fraction of sp³-hybridized carbons (Fsp3) is 0.308. The summed E-state index contributed by atoms with van der Waals surface area (Å²) in [5, 5.41) is 10.3. The Morgan fingerprint density at radius 2 is 2.12 bits per heavy atom. The second kappa shape index (κ2) is 4.00. The largest absolute Gasteiger partial charge is 0.379 e. The van der Waals surface area contributed by atoms with Crippen molar-refractivity contribution in [3.8, 4) is 0 Å². The molecular formula is C13H15N3. The van der Waals surface area contributed by atoms with Gasteiger partial charge in [-0.05, 0) is 48.6 Å². The van der Waals surface area contributed by atoms with Gasteiger partial charge < -0.3 is 5.32 Å². The number of benzene rings is 1. The third kappa shape index (κ3) is 1.81. The smallest absolute Gasteiger partial charge is 0.0567 e. The van der Waals surface area contributed by atoms with Crippen LogP contribution in [0, 0.1) is 0 Å². The number of nitrogens with zero attached hydrogens (tertiary/aromatic N) is 1. The fourth-order valence-corrected chi connectivity index (χ4v) is 2.26. The summed E-state index contributed by atoms with van der Waals surface area (Å²) in [6.07, 6.45) is 5.56. The maximum atomic E-state index is 3.93. The van der Waals surface area contributed by atoms with Crippen LogP contribution in [0.15, 0.2) is 30.5 Å². The van der Waals surface area contributed by atoms with Gasteiger partial charge in [-0.1, -0.05) is 6.07 Å². The molecule has 1 aromatic carbocycles. The van der Waals surface area contributed by atoms with E-state index in [0.29, 0.717) is 0 Å². The molecule has 1 aromatic heterocycles. The zero-order valence-electron chi connectivity index (χ0n) is 9.16. The second-order valence-electron chi connectivity index (χ2n) is 4.27. The van der Waals surface area contributed by atoms with E-state index >= 15 is 0 Å². The summed E-state index contributed by atoms with van der Waals surface area (Å²) in [5.41, 5.74) is 5.34. The van der Waals surface area contributed by atoms with Crippen LogP contribution in [-0.2, 0) is 19.4 Å². The molecule has 0 unspecified atom stereocenters. The van der Waals surface area contributed by atoms with E-state index < -0.39 is 0 Å². The van der Waals surface area contributed by atoms with Gasteiger partial charge in [0, 0.05) is 11.9 Å². The molecule has 0 aliphatic heterocycles. The molecule has 16 heavy (non-hydrogen) atoms. The minimum atomic E-state index is 0.804. The summed E-state index contributed by atoms with van der Waals surface area (Å²) in [5.74, 6) is 0. The van der Waals surface area contributed by atoms with Crippen molar-refractivity contribution in [2.75, 3.05) is 5.32 Å². The first-order valence-electron chi connectivity index (χ1n) is 5.76. The van der Waals surface area contributed by atoms with Crippen LogP contribution in [0.4, 0.5) is 5.69 Å². The third-order valence-electron chi connectivity index (χ3n) is 3.14. The molecule has 1 heterocycles. The molecule has 0 saturated carbocycles. The number of hydrogen-bond donors (Lipinski definition) is 2. The number of aromatic amines is 1. The van der Waals surface area contributed by atoms with Crippen molar-refractivity contribution in [2.24, 2.45) is 0 Å². The monoisotopic (exact) mass is 213 g/mol. The summed E-state index contributed by atoms with van der Waals surface area (Å²) in [7, 11) is 0. The molecule has 0 spiro atoms. The number of aromatic nitrogens is 2. The van der Waals surface area contributed by atoms with Crippen molar-refractivity contribution in [1.82, 2.24) is 10.2 Å². The number of aryl methyl sites for hydroxylation is 2. The molecule has 0 saturated heterocycles. The van der Waals surface area contributed by atoms with E-state index in [-0.39, 0.29) is 0 Å². The molecule has 2 aromatic rings. The Labute approximate surface area is 94.9 Å². The van der Waals surface area contributed by atoms with Gasteiger partial charge in [-0.3, -0.25) is 5.10 Å². The lowest BCUT2D eigenvalue weighted by Gasteiger charge is -2.07. The van der Waals surface area contributed by atoms with Gasteiger partial charge >= 0.3 is 0 Å². The SMILES string of the molecule is c1cc(CNc2ccc3c(c2)CCC3)[nH]n1. The molecular weight excluding hydrogens is 198 g/mol. The number of H-pyrrole nitrogens is 1. The van der Waals surface area contributed by atoms with Crippen molar-refractivity contribution in [1.29, 1.82) is 0 Å². The number of hydrogen-bond acceptors (Lipinski definition) is 2. The van der Waals surface area contributed by atoms with E-state index in [4.69, 9.17) is 0 Å². The average molecular weight is 213 g/mol. The molecule has 0 bridgehead atoms. The summed E-state index contributed by atoms with van der Waals surface area (Å²) >= 11 is 0. The first-order valence-corrected chi connectivity index (χ1v) is 5.76. The molecule has 3 rings (SSSR count). The second-order valence-corrected chi connectivity index (χ2v) is 4.27. The zero-order valence-corrected chi connectivity index (χ0v) is 9.16. The number of rotatable bonds is 3. The van der Waals surface area contributed by atoms with E-state index in [2.05, 4.69) is 33.7 Å². The van der Waals surface area contributed by atoms with Crippen LogP contribution in [0.3, 0.4) is 0 Å². The van der Waals surface area contributed by atoms with E-state index in [9.17, 15) is 0 Å². The lowest BCUT2D eigenvalue weighted by Crippen LogP contribution is -2.00. The molecule has 0 fully saturated rings. The van der Waals surface area contributed by atoms with Crippen molar-refractivity contribution < 1.29 is 0 Å². The van der Waals surface area contributed by atoms with Gasteiger partial charge in [0.1, 0.15) is 0 Å². The highest BCUT2D eigenvalue weighted by atomic mass is 15.1. The Hall–Kier alpha value is -1.77. The lowest BCUT2D eigenvalue weighted by atomic mass is 10.1. The van der Waals surface area contributed by atoms with Gasteiger partial charge in [-0.25, -0.2) is 0 Å². The Balaban J connectivity index is 1.71. The Kier molecular flexibility index (Phi) is 2.37. The molecule has 0 amide bonds. The van der Waals surface area contributed by atoms with Crippen LogP contribution in [0.1, 0.15) is 23.2 Å². The first kappa shape index (κ1) is 9.46. The minimum Gasteiger partial charge on any atom is -0.379 e. The first-order chi connectivity index (χ1) is 7.92. The normalized spacial score (nSPS) is 13.8. The van der Waals surface area contributed by atoms with Crippen molar-refractivity contribution >= 4 is 5.69 Å². The number of anilines is 1. The predicted octanol–water partition coefficient (Wildman–Crippen LogP) is 2.51. The Morgan fingerprint density at radius 3 is 3.00 bits per heavy atom. The van der Waals surface area contributed by atoms with Gasteiger partial charge in [0.15, 0.2) is 0 Å². The molecule has 2 N–H and O–H groups in total. The zero-order chi connectivity index (χ0) is 10.8. The maximum Gasteiger partial charge on any atom is 0.0567 e. The van der Waals surface area contributed by atoms with E-state index in [1.165, 1.54) is 36.1 Å². The fourth-order valence-electron chi connectivity index (χ4n) is 2.26. The number of nitrogens with one attached hydrogen (secondary N) is 2. The average Bonchev–Trinajstić information content (AvgIpc) is 2.97. The van der Waals surface area contributed by atoms with Gasteiger partial charge in [0.05, 0.1) is 12.2 Å². The molecule has 3 heteroatoms. The summed E-state index contributed by atoms with van der Waals surface area (Å²) in [6.45, 7) is 0.804. The summed E-state index contributed by atoms with van der Waals surface area (Å²) in [6, 6.07) is 8.68. The van der Waals surface area contributed by atoms with Crippen LogP contribution in [-0.4, -0.2) is 10.2 Å². The topological polar surface area (TPSA) is 40.7 Å². The van der Waals surface area contributed by atoms with Crippen LogP contribution < -0.4 is 5.32 Å². The van der Waals surface area contributed by atoms with Crippen molar-refractivity contribution in [3.05, 3.63) is 47.3 Å². The Morgan fingerprint density at radius 1 is 1.19 bits per heavy atom. The quantitative estimate of drug-likeness (QED) is 0.822. The van der Waals surface area contributed by atoms with Crippen LogP contribution in [0.25, 0.3) is 0 Å². The highest BCUT2D eigenvalue weighted by Crippen LogP contribution is 2.24. The van der Waals surface area contributed by atoms with Gasteiger partial charge in [0.2, 0.25) is 0 Å². The van der Waals surface area contributed by atoms with Crippen LogP contribution in [0.2, 0.25) is 0 Å². The minimum absolute atomic E-state index is 0.804. The highest BCUT2D eigenvalue weighted by Gasteiger charge is 2.10. The summed E-state index contributed by atoms with van der Waals surface area (Å²) < 4.78 is 0. The van der Waals surface area contributed by atoms with Crippen LogP contribution >= 0.6 is 0 Å². The van der Waals surface area contributed by atoms with Crippen molar-refractivity contribution in [2.45, 2.75) is 25.8 Å². The highest BCUT2D eigenvalue weighted by molar-refractivity contribution is 5.50. The molecule has 1 aliphatic carbocycles. The van der Waals surface area contributed by atoms with Crippen molar-refractivity contribution in [3.63, 3.8) is 0 Å². The number of fused-ring (bicyclic) bond motifs is 1. The lowest BCUT2D eigenvalue weighted by molar-refractivity contribution is 0.911. The molecule has 1 aliphatic rings. The predicted molar refractivity (Wildman–Crippen MR) is 64.4 cm³/mol. The molecule has 0 radical (unpaired) electrons.